The van der Waals surface area contributed by atoms with Crippen LogP contribution in [0.5, 0.6) is 0 Å². The largest absolute Gasteiger partial charge is 0.324 e. The van der Waals surface area contributed by atoms with Gasteiger partial charge in [-0.2, -0.15) is 4.98 Å². The third-order valence-electron chi connectivity index (χ3n) is 8.72. The minimum Gasteiger partial charge on any atom is -0.324 e. The molecule has 37 heavy (non-hydrogen) atoms. The van der Waals surface area contributed by atoms with Crippen molar-refractivity contribution >= 4 is 22.7 Å². The zero-order valence-electron chi connectivity index (χ0n) is 20.5. The summed E-state index contributed by atoms with van der Waals surface area (Å²) in [6, 6.07) is 10.4. The summed E-state index contributed by atoms with van der Waals surface area (Å²) in [4.78, 5) is 27.2. The molecule has 9 heteroatoms. The smallest absolute Gasteiger partial charge is 0.278 e. The highest BCUT2D eigenvalue weighted by atomic mass is 19.1. The number of benzene rings is 1. The average molecular weight is 498 g/mol. The normalized spacial score (nSPS) is 20.7. The predicted octanol–water partition coefficient (Wildman–Crippen LogP) is 4.19. The van der Waals surface area contributed by atoms with Crippen molar-refractivity contribution in [1.82, 2.24) is 29.6 Å². The van der Waals surface area contributed by atoms with Crippen molar-refractivity contribution in [1.29, 1.82) is 0 Å². The number of fused-ring (bicyclic) bond motifs is 3. The molecule has 2 N–H and O–H groups in total. The lowest BCUT2D eigenvalue weighted by Crippen LogP contribution is -2.33. The third kappa shape index (κ3) is 3.29. The fraction of sp³-hybridized carbons (Fsp3) is 0.429. The Morgan fingerprint density at radius 1 is 1.11 bits per heavy atom. The molecular formula is C28H28FN7O. The molecule has 0 amide bonds. The number of nitrogens with one attached hydrogen (secondary N) is 2. The maximum Gasteiger partial charge on any atom is 0.278 e. The minimum absolute atomic E-state index is 0.0939. The summed E-state index contributed by atoms with van der Waals surface area (Å²) < 4.78 is 17.5. The molecule has 3 aliphatic carbocycles. The molecular weight excluding hydrogens is 469 g/mol. The highest BCUT2D eigenvalue weighted by Crippen LogP contribution is 2.51. The van der Waals surface area contributed by atoms with E-state index in [0.29, 0.717) is 22.4 Å². The molecule has 8 rings (SSSR count). The van der Waals surface area contributed by atoms with Crippen LogP contribution in [-0.2, 0) is 17.4 Å². The Morgan fingerprint density at radius 3 is 2.73 bits per heavy atom. The van der Waals surface area contributed by atoms with Crippen molar-refractivity contribution in [2.45, 2.75) is 61.9 Å². The van der Waals surface area contributed by atoms with Gasteiger partial charge in [0.2, 0.25) is 5.95 Å². The van der Waals surface area contributed by atoms with Crippen LogP contribution in [0, 0.1) is 0 Å². The van der Waals surface area contributed by atoms with Crippen LogP contribution < -0.4 is 16.2 Å². The number of anilines is 2. The minimum atomic E-state index is -0.480. The zero-order chi connectivity index (χ0) is 24.8. The lowest BCUT2D eigenvalue weighted by Gasteiger charge is -2.26. The first-order valence-corrected chi connectivity index (χ1v) is 13.2. The van der Waals surface area contributed by atoms with Crippen molar-refractivity contribution in [3.05, 3.63) is 69.9 Å². The third-order valence-corrected chi connectivity index (χ3v) is 8.72. The van der Waals surface area contributed by atoms with E-state index < -0.39 is 12.1 Å². The molecule has 0 unspecified atom stereocenters. The van der Waals surface area contributed by atoms with Crippen LogP contribution in [0.25, 0.3) is 16.7 Å². The van der Waals surface area contributed by atoms with Crippen molar-refractivity contribution in [2.24, 2.45) is 0 Å². The van der Waals surface area contributed by atoms with Gasteiger partial charge in [-0.05, 0) is 73.9 Å². The number of hydrogen-bond acceptors (Lipinski definition) is 6. The summed E-state index contributed by atoms with van der Waals surface area (Å²) in [7, 11) is 0. The molecule has 0 saturated heterocycles. The monoisotopic (exact) mass is 497 g/mol. The van der Waals surface area contributed by atoms with Crippen molar-refractivity contribution in [3.8, 4) is 5.69 Å². The highest BCUT2D eigenvalue weighted by molar-refractivity contribution is 5.77. The summed E-state index contributed by atoms with van der Waals surface area (Å²) in [6.45, 7) is 1.51. The molecule has 4 aromatic rings. The van der Waals surface area contributed by atoms with Gasteiger partial charge in [0.15, 0.2) is 5.65 Å². The van der Waals surface area contributed by atoms with Crippen molar-refractivity contribution in [2.75, 3.05) is 18.5 Å². The Balaban J connectivity index is 1.21. The molecule has 4 aliphatic rings. The van der Waals surface area contributed by atoms with Gasteiger partial charge in [-0.15, -0.1) is 0 Å². The van der Waals surface area contributed by atoms with Gasteiger partial charge >= 0.3 is 0 Å². The quantitative estimate of drug-likeness (QED) is 0.415. The van der Waals surface area contributed by atoms with Crippen LogP contribution >= 0.6 is 0 Å². The van der Waals surface area contributed by atoms with E-state index in [-0.39, 0.29) is 11.6 Å². The lowest BCUT2D eigenvalue weighted by atomic mass is 9.88. The number of hydrogen-bond donors (Lipinski definition) is 2. The maximum absolute atomic E-state index is 13.8. The summed E-state index contributed by atoms with van der Waals surface area (Å²) in [5, 5.41) is 7.40. The van der Waals surface area contributed by atoms with Crippen LogP contribution in [0.4, 0.5) is 16.0 Å². The van der Waals surface area contributed by atoms with Gasteiger partial charge in [0.25, 0.3) is 5.56 Å². The van der Waals surface area contributed by atoms with Crippen LogP contribution in [-0.4, -0.2) is 37.5 Å². The molecule has 3 fully saturated rings. The van der Waals surface area contributed by atoms with E-state index in [4.69, 9.17) is 4.98 Å². The first-order valence-electron chi connectivity index (χ1n) is 13.2. The Labute approximate surface area is 212 Å². The first-order chi connectivity index (χ1) is 18.1. The summed E-state index contributed by atoms with van der Waals surface area (Å²) in [6.07, 6.45) is 9.33. The Bertz CT molecular complexity index is 1630. The second-order valence-corrected chi connectivity index (χ2v) is 11.3. The summed E-state index contributed by atoms with van der Waals surface area (Å²) in [5.41, 5.74) is 5.53. The van der Waals surface area contributed by atoms with Crippen molar-refractivity contribution < 1.29 is 4.39 Å². The van der Waals surface area contributed by atoms with Gasteiger partial charge in [-0.1, -0.05) is 6.07 Å². The molecule has 4 heterocycles. The van der Waals surface area contributed by atoms with Gasteiger partial charge < -0.3 is 10.6 Å². The Kier molecular flexibility index (Phi) is 4.34. The van der Waals surface area contributed by atoms with Gasteiger partial charge in [0.1, 0.15) is 12.1 Å². The number of aromatic nitrogens is 5. The van der Waals surface area contributed by atoms with E-state index >= 15 is 0 Å². The predicted molar refractivity (Wildman–Crippen MR) is 138 cm³/mol. The molecule has 1 aromatic carbocycles. The second kappa shape index (κ2) is 7.47. The van der Waals surface area contributed by atoms with Gasteiger partial charge in [0, 0.05) is 42.0 Å². The van der Waals surface area contributed by atoms with Gasteiger partial charge in [-0.3, -0.25) is 14.2 Å². The summed E-state index contributed by atoms with van der Waals surface area (Å²) >= 11 is 0. The molecule has 3 saturated carbocycles. The number of pyridine rings is 1. The number of halogens is 1. The highest BCUT2D eigenvalue weighted by Gasteiger charge is 2.47. The molecule has 0 atom stereocenters. The lowest BCUT2D eigenvalue weighted by molar-refractivity contribution is 0.412. The number of nitrogens with zero attached hydrogens (tertiary/aromatic N) is 5. The topological polar surface area (TPSA) is 89.7 Å². The van der Waals surface area contributed by atoms with Crippen LogP contribution in [0.1, 0.15) is 61.4 Å². The van der Waals surface area contributed by atoms with E-state index in [2.05, 4.69) is 38.8 Å². The van der Waals surface area contributed by atoms with E-state index in [1.807, 2.05) is 16.8 Å². The molecule has 3 aromatic heterocycles. The number of alkyl halides is 1. The second-order valence-electron chi connectivity index (χ2n) is 11.3. The molecule has 1 aliphatic heterocycles. The molecule has 8 nitrogen and oxygen atoms in total. The fourth-order valence-electron chi connectivity index (χ4n) is 6.00. The van der Waals surface area contributed by atoms with E-state index in [1.54, 1.807) is 17.1 Å². The standard InChI is InChI=1S/C28H28FN7O/c29-15-27(6-7-27)23-12-20(5-10-31-23)35-24-21(25(37)36(35)19-2-3-19)14-32-26(34-24)33-18-1-4-22-17(11-18)13-30-16-28(22)8-9-28/h1,4-5,10-12,14,19,30H,2-3,6-9,13,15-16H2,(H,32,33,34). The molecule has 0 bridgehead atoms. The van der Waals surface area contributed by atoms with Gasteiger partial charge in [0.05, 0.1) is 17.4 Å². The fourth-order valence-corrected chi connectivity index (χ4v) is 6.00. The Morgan fingerprint density at radius 2 is 1.97 bits per heavy atom. The molecule has 0 radical (unpaired) electrons. The van der Waals surface area contributed by atoms with E-state index in [9.17, 15) is 9.18 Å². The van der Waals surface area contributed by atoms with Gasteiger partial charge in [-0.25, -0.2) is 14.3 Å². The molecule has 188 valence electrons. The SMILES string of the molecule is O=c1c2cnc(Nc3ccc4c(c3)CNCC43CC3)nc2n(-c2ccnc(C3(CF)CC3)c2)n1C1CC1. The molecule has 1 spiro atoms. The van der Waals surface area contributed by atoms with E-state index in [1.165, 1.54) is 24.0 Å². The number of rotatable bonds is 6. The van der Waals surface area contributed by atoms with Crippen LogP contribution in [0.3, 0.4) is 0 Å². The maximum atomic E-state index is 13.8. The zero-order valence-corrected chi connectivity index (χ0v) is 20.5. The van der Waals surface area contributed by atoms with Crippen LogP contribution in [0.2, 0.25) is 0 Å². The average Bonchev–Trinajstić information content (AvgIpc) is 3.80. The van der Waals surface area contributed by atoms with Crippen LogP contribution in [0.15, 0.2) is 47.5 Å². The Hall–Kier alpha value is -3.59. The van der Waals surface area contributed by atoms with Crippen molar-refractivity contribution in [3.63, 3.8) is 0 Å². The van der Waals surface area contributed by atoms with E-state index in [0.717, 1.165) is 55.8 Å². The summed E-state index contributed by atoms with van der Waals surface area (Å²) in [5.74, 6) is 0.441. The first kappa shape index (κ1) is 21.5.